The van der Waals surface area contributed by atoms with Gasteiger partial charge in [-0.15, -0.1) is 0 Å². The number of aromatic nitrogens is 3. The Balaban J connectivity index is 1.69. The number of hydrogen-bond donors (Lipinski definition) is 2. The fourth-order valence-corrected chi connectivity index (χ4v) is 2.88. The van der Waals surface area contributed by atoms with Crippen LogP contribution in [0.15, 0.2) is 43.7 Å². The molecular formula is C14H12N4O2S. The molecule has 0 saturated heterocycles. The van der Waals surface area contributed by atoms with Crippen molar-refractivity contribution >= 4 is 28.5 Å². The zero-order valence-electron chi connectivity index (χ0n) is 11.0. The largest absolute Gasteiger partial charge is 0.431 e. The van der Waals surface area contributed by atoms with E-state index in [1.807, 2.05) is 0 Å². The van der Waals surface area contributed by atoms with E-state index < -0.39 is 0 Å². The summed E-state index contributed by atoms with van der Waals surface area (Å²) in [4.78, 5) is 23.3. The lowest BCUT2D eigenvalue weighted by Crippen LogP contribution is -2.09. The molecule has 0 atom stereocenters. The van der Waals surface area contributed by atoms with Gasteiger partial charge in [0.2, 0.25) is 0 Å². The van der Waals surface area contributed by atoms with Gasteiger partial charge in [-0.1, -0.05) is 0 Å². The average Bonchev–Trinajstić information content (AvgIpc) is 3.20. The van der Waals surface area contributed by atoms with Crippen molar-refractivity contribution < 1.29 is 4.42 Å². The Labute approximate surface area is 123 Å². The number of H-pyrrole nitrogens is 1. The Morgan fingerprint density at radius 1 is 1.29 bits per heavy atom. The molecule has 7 heteroatoms. The lowest BCUT2D eigenvalue weighted by atomic mass is 10.3. The van der Waals surface area contributed by atoms with Crippen LogP contribution in [0, 0.1) is 0 Å². The Kier molecular flexibility index (Phi) is 2.75. The lowest BCUT2D eigenvalue weighted by Gasteiger charge is -2.00. The summed E-state index contributed by atoms with van der Waals surface area (Å²) in [5.74, 6) is 1.15. The molecule has 2 heterocycles. The minimum Gasteiger partial charge on any atom is -0.431 e. The van der Waals surface area contributed by atoms with E-state index in [1.54, 1.807) is 18.2 Å². The SMILES string of the molecule is Nc1ccc2oc(Sc3cc(=O)[nH]c(C4CC4)n3)nc2c1. The maximum absolute atomic E-state index is 11.7. The Morgan fingerprint density at radius 3 is 2.95 bits per heavy atom. The summed E-state index contributed by atoms with van der Waals surface area (Å²) in [5.41, 5.74) is 7.58. The molecule has 1 aliphatic carbocycles. The topological polar surface area (TPSA) is 97.8 Å². The van der Waals surface area contributed by atoms with Crippen molar-refractivity contribution in [2.75, 3.05) is 5.73 Å². The number of anilines is 1. The molecule has 21 heavy (non-hydrogen) atoms. The Hall–Kier alpha value is -2.28. The van der Waals surface area contributed by atoms with Crippen molar-refractivity contribution in [2.45, 2.75) is 29.0 Å². The molecule has 0 bridgehead atoms. The van der Waals surface area contributed by atoms with Crippen molar-refractivity contribution in [1.82, 2.24) is 15.0 Å². The summed E-state index contributed by atoms with van der Waals surface area (Å²) in [5, 5.41) is 1.05. The summed E-state index contributed by atoms with van der Waals surface area (Å²) in [7, 11) is 0. The third-order valence-electron chi connectivity index (χ3n) is 3.28. The van der Waals surface area contributed by atoms with Crippen molar-refractivity contribution in [3.63, 3.8) is 0 Å². The van der Waals surface area contributed by atoms with Crippen LogP contribution in [0.2, 0.25) is 0 Å². The fraction of sp³-hybridized carbons (Fsp3) is 0.214. The van der Waals surface area contributed by atoms with Crippen LogP contribution in [0.3, 0.4) is 0 Å². The van der Waals surface area contributed by atoms with Gasteiger partial charge in [0.05, 0.1) is 0 Å². The first kappa shape index (κ1) is 12.5. The molecule has 2 aromatic heterocycles. The molecule has 3 aromatic rings. The van der Waals surface area contributed by atoms with E-state index in [2.05, 4.69) is 15.0 Å². The first-order chi connectivity index (χ1) is 10.2. The van der Waals surface area contributed by atoms with Crippen molar-refractivity contribution in [2.24, 2.45) is 0 Å². The molecule has 0 amide bonds. The maximum Gasteiger partial charge on any atom is 0.263 e. The van der Waals surface area contributed by atoms with Gasteiger partial charge in [0, 0.05) is 17.7 Å². The lowest BCUT2D eigenvalue weighted by molar-refractivity contribution is 0.489. The van der Waals surface area contributed by atoms with Crippen LogP contribution in [0.5, 0.6) is 0 Å². The van der Waals surface area contributed by atoms with Crippen LogP contribution in [-0.4, -0.2) is 15.0 Å². The zero-order valence-corrected chi connectivity index (χ0v) is 11.8. The van der Waals surface area contributed by atoms with Crippen LogP contribution in [0.1, 0.15) is 24.6 Å². The Bertz CT molecular complexity index is 882. The minimum absolute atomic E-state index is 0.144. The Morgan fingerprint density at radius 2 is 2.14 bits per heavy atom. The first-order valence-electron chi connectivity index (χ1n) is 6.62. The molecule has 1 fully saturated rings. The van der Waals surface area contributed by atoms with Crippen LogP contribution in [0.4, 0.5) is 5.69 Å². The number of hydrogen-bond acceptors (Lipinski definition) is 6. The number of nitrogen functional groups attached to an aromatic ring is 1. The molecule has 0 spiro atoms. The van der Waals surface area contributed by atoms with E-state index in [1.165, 1.54) is 17.8 Å². The fourth-order valence-electron chi connectivity index (χ4n) is 2.11. The van der Waals surface area contributed by atoms with E-state index in [0.29, 0.717) is 33.0 Å². The number of fused-ring (bicyclic) bond motifs is 1. The molecular weight excluding hydrogens is 288 g/mol. The van der Waals surface area contributed by atoms with E-state index in [9.17, 15) is 4.79 Å². The summed E-state index contributed by atoms with van der Waals surface area (Å²) in [6, 6.07) is 6.75. The second kappa shape index (κ2) is 4.63. The second-order valence-corrected chi connectivity index (χ2v) is 6.02. The van der Waals surface area contributed by atoms with Crippen molar-refractivity contribution in [1.29, 1.82) is 0 Å². The van der Waals surface area contributed by atoms with Gasteiger partial charge in [-0.05, 0) is 42.8 Å². The molecule has 4 rings (SSSR count). The highest BCUT2D eigenvalue weighted by atomic mass is 32.2. The van der Waals surface area contributed by atoms with Gasteiger partial charge in [-0.3, -0.25) is 4.79 Å². The zero-order chi connectivity index (χ0) is 14.4. The number of nitrogens with zero attached hydrogens (tertiary/aromatic N) is 2. The van der Waals surface area contributed by atoms with Crippen LogP contribution >= 0.6 is 11.8 Å². The van der Waals surface area contributed by atoms with Crippen LogP contribution < -0.4 is 11.3 Å². The predicted octanol–water partition coefficient (Wildman–Crippen LogP) is 2.52. The molecule has 1 saturated carbocycles. The van der Waals surface area contributed by atoms with Gasteiger partial charge in [0.1, 0.15) is 16.4 Å². The predicted molar refractivity (Wildman–Crippen MR) is 79.4 cm³/mol. The number of aromatic amines is 1. The first-order valence-corrected chi connectivity index (χ1v) is 7.44. The highest BCUT2D eigenvalue weighted by Crippen LogP contribution is 2.38. The summed E-state index contributed by atoms with van der Waals surface area (Å²) < 4.78 is 5.63. The quantitative estimate of drug-likeness (QED) is 0.569. The third kappa shape index (κ3) is 2.52. The third-order valence-corrected chi connectivity index (χ3v) is 4.05. The number of rotatable bonds is 3. The summed E-state index contributed by atoms with van der Waals surface area (Å²) >= 11 is 1.24. The number of nitrogens with one attached hydrogen (secondary N) is 1. The minimum atomic E-state index is -0.144. The normalized spacial score (nSPS) is 14.7. The monoisotopic (exact) mass is 300 g/mol. The number of oxazole rings is 1. The standard InChI is InChI=1S/C14H12N4O2S/c15-8-3-4-10-9(5-8)16-14(20-10)21-12-6-11(19)17-13(18-12)7-1-2-7/h3-7H,1-2,15H2,(H,17,18,19). The van der Waals surface area contributed by atoms with E-state index in [0.717, 1.165) is 18.7 Å². The van der Waals surface area contributed by atoms with E-state index in [-0.39, 0.29) is 5.56 Å². The van der Waals surface area contributed by atoms with Gasteiger partial charge in [0.15, 0.2) is 5.58 Å². The average molecular weight is 300 g/mol. The van der Waals surface area contributed by atoms with Crippen molar-refractivity contribution in [3.8, 4) is 0 Å². The highest BCUT2D eigenvalue weighted by Gasteiger charge is 2.26. The molecule has 106 valence electrons. The molecule has 6 nitrogen and oxygen atoms in total. The van der Waals surface area contributed by atoms with Gasteiger partial charge in [-0.25, -0.2) is 9.97 Å². The number of nitrogens with two attached hydrogens (primary N) is 1. The van der Waals surface area contributed by atoms with Gasteiger partial charge >= 0.3 is 0 Å². The molecule has 0 aliphatic heterocycles. The van der Waals surface area contributed by atoms with E-state index >= 15 is 0 Å². The van der Waals surface area contributed by atoms with Crippen LogP contribution in [0.25, 0.3) is 11.1 Å². The molecule has 0 radical (unpaired) electrons. The number of benzene rings is 1. The molecule has 3 N–H and O–H groups in total. The van der Waals surface area contributed by atoms with Gasteiger partial charge < -0.3 is 15.1 Å². The van der Waals surface area contributed by atoms with Crippen LogP contribution in [-0.2, 0) is 0 Å². The maximum atomic E-state index is 11.7. The van der Waals surface area contributed by atoms with Gasteiger partial charge in [-0.2, -0.15) is 0 Å². The summed E-state index contributed by atoms with van der Waals surface area (Å²) in [6.07, 6.45) is 2.17. The van der Waals surface area contributed by atoms with E-state index in [4.69, 9.17) is 10.2 Å². The van der Waals surface area contributed by atoms with Gasteiger partial charge in [0.25, 0.3) is 10.8 Å². The smallest absolute Gasteiger partial charge is 0.263 e. The summed E-state index contributed by atoms with van der Waals surface area (Å²) in [6.45, 7) is 0. The highest BCUT2D eigenvalue weighted by molar-refractivity contribution is 7.99. The van der Waals surface area contributed by atoms with Crippen molar-refractivity contribution in [3.05, 3.63) is 40.4 Å². The molecule has 0 unspecified atom stereocenters. The molecule has 1 aliphatic rings. The molecule has 1 aromatic carbocycles. The second-order valence-electron chi connectivity index (χ2n) is 5.05.